The van der Waals surface area contributed by atoms with Crippen molar-refractivity contribution in [1.82, 2.24) is 4.90 Å². The molecule has 2 aromatic carbocycles. The summed E-state index contributed by atoms with van der Waals surface area (Å²) in [5.41, 5.74) is 0.431. The van der Waals surface area contributed by atoms with Gasteiger partial charge in [-0.1, -0.05) is 18.2 Å². The number of methoxy groups -OCH3 is 2. The van der Waals surface area contributed by atoms with E-state index in [1.54, 1.807) is 41.3 Å². The molecule has 0 radical (unpaired) electrons. The highest BCUT2D eigenvalue weighted by atomic mass is 32.2. The fourth-order valence-corrected chi connectivity index (χ4v) is 4.80. The molecule has 1 aliphatic heterocycles. The van der Waals surface area contributed by atoms with E-state index >= 15 is 0 Å². The van der Waals surface area contributed by atoms with Crippen LogP contribution in [0.15, 0.2) is 53.4 Å². The second kappa shape index (κ2) is 9.36. The number of likely N-dealkylation sites (N-methyl/N-ethyl adjacent to an activating group) is 1. The Balaban J connectivity index is 1.95. The fraction of sp³-hybridized carbons (Fsp3) is 0.381. The van der Waals surface area contributed by atoms with Crippen molar-refractivity contribution in [2.45, 2.75) is 4.90 Å². The monoisotopic (exact) mass is 434 g/mol. The normalized spacial score (nSPS) is 15.0. The summed E-state index contributed by atoms with van der Waals surface area (Å²) in [7, 11) is 1.00. The summed E-state index contributed by atoms with van der Waals surface area (Å²) in [6.45, 7) is 2.66. The van der Waals surface area contributed by atoms with Crippen molar-refractivity contribution in [3.8, 4) is 11.5 Å². The third kappa shape index (κ3) is 4.68. The number of carbonyl (C=O) groups excluding carboxylic acids is 1. The SMILES string of the molecule is COc1ccc(S(=O)(=O)N(CC(=O)N2CC[NH+](C)CC2)c2ccccc2)cc1OC. The Hall–Kier alpha value is -2.78. The standard InChI is InChI=1S/C21H27N3O5S/c1-22-11-13-23(14-12-22)21(25)16-24(17-7-5-4-6-8-17)30(26,27)18-9-10-19(28-2)20(15-18)29-3/h4-10,15H,11-14,16H2,1-3H3/p+1. The van der Waals surface area contributed by atoms with Crippen LogP contribution in [-0.2, 0) is 14.8 Å². The molecule has 0 aliphatic carbocycles. The zero-order valence-corrected chi connectivity index (χ0v) is 18.3. The van der Waals surface area contributed by atoms with Crippen molar-refractivity contribution in [3.63, 3.8) is 0 Å². The van der Waals surface area contributed by atoms with Gasteiger partial charge < -0.3 is 19.3 Å². The van der Waals surface area contributed by atoms with Gasteiger partial charge in [-0.3, -0.25) is 9.10 Å². The van der Waals surface area contributed by atoms with E-state index in [1.165, 1.54) is 31.3 Å². The Kier molecular flexibility index (Phi) is 6.84. The molecule has 0 saturated carbocycles. The van der Waals surface area contributed by atoms with E-state index in [2.05, 4.69) is 7.05 Å². The molecule has 2 aromatic rings. The molecule has 1 fully saturated rings. The molecule has 162 valence electrons. The first-order chi connectivity index (χ1) is 14.4. The van der Waals surface area contributed by atoms with E-state index < -0.39 is 10.0 Å². The van der Waals surface area contributed by atoms with Crippen molar-refractivity contribution in [2.24, 2.45) is 0 Å². The highest BCUT2D eigenvalue weighted by molar-refractivity contribution is 7.92. The van der Waals surface area contributed by atoms with Crippen LogP contribution >= 0.6 is 0 Å². The Morgan fingerprint density at radius 1 is 1.03 bits per heavy atom. The number of rotatable bonds is 7. The van der Waals surface area contributed by atoms with Crippen LogP contribution in [0.4, 0.5) is 5.69 Å². The molecule has 0 aromatic heterocycles. The number of hydrogen-bond acceptors (Lipinski definition) is 5. The Morgan fingerprint density at radius 3 is 2.27 bits per heavy atom. The zero-order chi connectivity index (χ0) is 21.7. The minimum atomic E-state index is -4.01. The second-order valence-electron chi connectivity index (χ2n) is 7.20. The van der Waals surface area contributed by atoms with Gasteiger partial charge in [0.25, 0.3) is 10.0 Å². The molecule has 3 rings (SSSR count). The lowest BCUT2D eigenvalue weighted by atomic mass is 10.3. The van der Waals surface area contributed by atoms with Gasteiger partial charge in [-0.25, -0.2) is 8.42 Å². The van der Waals surface area contributed by atoms with Crippen LogP contribution < -0.4 is 18.7 Å². The summed E-state index contributed by atoms with van der Waals surface area (Å²) in [5.74, 6) is 0.522. The molecular formula is C21H28N3O5S+. The smallest absolute Gasteiger partial charge is 0.264 e. The summed E-state index contributed by atoms with van der Waals surface area (Å²) in [4.78, 5) is 16.1. The molecule has 1 amide bonds. The minimum absolute atomic E-state index is 0.0274. The van der Waals surface area contributed by atoms with E-state index in [1.807, 2.05) is 0 Å². The van der Waals surface area contributed by atoms with E-state index in [0.717, 1.165) is 17.4 Å². The van der Waals surface area contributed by atoms with Crippen molar-refractivity contribution >= 4 is 21.6 Å². The number of para-hydroxylation sites is 1. The molecular weight excluding hydrogens is 406 g/mol. The number of quaternary nitrogens is 1. The first-order valence-corrected chi connectivity index (χ1v) is 11.2. The average Bonchev–Trinajstić information content (AvgIpc) is 2.77. The van der Waals surface area contributed by atoms with Gasteiger partial charge >= 0.3 is 0 Å². The van der Waals surface area contributed by atoms with Gasteiger partial charge in [-0.05, 0) is 24.3 Å². The predicted molar refractivity (Wildman–Crippen MR) is 114 cm³/mol. The molecule has 0 atom stereocenters. The molecule has 1 aliphatic rings. The van der Waals surface area contributed by atoms with Crippen LogP contribution in [-0.4, -0.2) is 73.2 Å². The van der Waals surface area contributed by atoms with Gasteiger partial charge in [-0.15, -0.1) is 0 Å². The van der Waals surface area contributed by atoms with Crippen molar-refractivity contribution in [2.75, 3.05) is 58.3 Å². The first-order valence-electron chi connectivity index (χ1n) is 9.75. The maximum atomic E-state index is 13.5. The molecule has 1 N–H and O–H groups in total. The molecule has 0 spiro atoms. The first kappa shape index (κ1) is 21.9. The quantitative estimate of drug-likeness (QED) is 0.676. The van der Waals surface area contributed by atoms with E-state index in [-0.39, 0.29) is 17.3 Å². The highest BCUT2D eigenvalue weighted by Gasteiger charge is 2.31. The van der Waals surface area contributed by atoms with E-state index in [0.29, 0.717) is 30.3 Å². The summed E-state index contributed by atoms with van der Waals surface area (Å²) >= 11 is 0. The number of hydrogen-bond donors (Lipinski definition) is 1. The van der Waals surface area contributed by atoms with Crippen molar-refractivity contribution in [3.05, 3.63) is 48.5 Å². The number of anilines is 1. The molecule has 1 heterocycles. The van der Waals surface area contributed by atoms with Gasteiger partial charge in [0.1, 0.15) is 6.54 Å². The lowest BCUT2D eigenvalue weighted by molar-refractivity contribution is -0.883. The second-order valence-corrected chi connectivity index (χ2v) is 9.06. The van der Waals surface area contributed by atoms with E-state index in [9.17, 15) is 13.2 Å². The zero-order valence-electron chi connectivity index (χ0n) is 17.5. The topological polar surface area (TPSA) is 80.6 Å². The number of benzene rings is 2. The van der Waals surface area contributed by atoms with Crippen molar-refractivity contribution in [1.29, 1.82) is 0 Å². The molecule has 9 heteroatoms. The lowest BCUT2D eigenvalue weighted by Crippen LogP contribution is -3.12. The number of ether oxygens (including phenoxy) is 2. The third-order valence-electron chi connectivity index (χ3n) is 5.24. The Morgan fingerprint density at radius 2 is 1.67 bits per heavy atom. The Labute approximate surface area is 177 Å². The minimum Gasteiger partial charge on any atom is -0.493 e. The molecule has 0 unspecified atom stereocenters. The number of amides is 1. The highest BCUT2D eigenvalue weighted by Crippen LogP contribution is 2.32. The van der Waals surface area contributed by atoms with Crippen LogP contribution in [0.1, 0.15) is 0 Å². The maximum Gasteiger partial charge on any atom is 0.264 e. The molecule has 8 nitrogen and oxygen atoms in total. The van der Waals surface area contributed by atoms with Gasteiger partial charge in [0.05, 0.1) is 58.0 Å². The van der Waals surface area contributed by atoms with Crippen LogP contribution in [0.25, 0.3) is 0 Å². The average molecular weight is 435 g/mol. The van der Waals surface area contributed by atoms with Crippen LogP contribution in [0.3, 0.4) is 0 Å². The van der Waals surface area contributed by atoms with Gasteiger partial charge in [0.15, 0.2) is 11.5 Å². The number of carbonyl (C=O) groups is 1. The molecule has 30 heavy (non-hydrogen) atoms. The Bertz CT molecular complexity index is 973. The number of sulfonamides is 1. The largest absolute Gasteiger partial charge is 0.493 e. The molecule has 1 saturated heterocycles. The van der Waals surface area contributed by atoms with Gasteiger partial charge in [0.2, 0.25) is 5.91 Å². The number of nitrogens with zero attached hydrogens (tertiary/aromatic N) is 2. The van der Waals surface area contributed by atoms with Crippen LogP contribution in [0.2, 0.25) is 0 Å². The lowest BCUT2D eigenvalue weighted by Gasteiger charge is -2.32. The third-order valence-corrected chi connectivity index (χ3v) is 7.01. The van der Waals surface area contributed by atoms with Crippen LogP contribution in [0.5, 0.6) is 11.5 Å². The maximum absolute atomic E-state index is 13.5. The van der Waals surface area contributed by atoms with Crippen LogP contribution in [0, 0.1) is 0 Å². The van der Waals surface area contributed by atoms with E-state index in [4.69, 9.17) is 9.47 Å². The summed E-state index contributed by atoms with van der Waals surface area (Å²) in [6, 6.07) is 13.1. The fourth-order valence-electron chi connectivity index (χ4n) is 3.37. The summed E-state index contributed by atoms with van der Waals surface area (Å²) in [6.07, 6.45) is 0. The number of piperazine rings is 1. The predicted octanol–water partition coefficient (Wildman–Crippen LogP) is 0.256. The molecule has 0 bridgehead atoms. The van der Waals surface area contributed by atoms with Gasteiger partial charge in [-0.2, -0.15) is 0 Å². The summed E-state index contributed by atoms with van der Waals surface area (Å²) in [5, 5.41) is 0. The van der Waals surface area contributed by atoms with Crippen molar-refractivity contribution < 1.29 is 27.6 Å². The van der Waals surface area contributed by atoms with Gasteiger partial charge in [0, 0.05) is 6.07 Å². The summed E-state index contributed by atoms with van der Waals surface area (Å²) < 4.78 is 38.7. The number of nitrogens with one attached hydrogen (secondary N) is 1.